The largest absolute Gasteiger partial charge is 0.396 e. The van der Waals surface area contributed by atoms with Crippen LogP contribution in [0.4, 0.5) is 5.13 Å². The molecule has 3 N–H and O–H groups in total. The summed E-state index contributed by atoms with van der Waals surface area (Å²) < 4.78 is 0. The molecule has 13 heavy (non-hydrogen) atoms. The molecular formula is C8H15N3OS. The number of rotatable bonds is 4. The number of hydrogen-bond acceptors (Lipinski definition) is 5. The molecular weight excluding hydrogens is 186 g/mol. The topological polar surface area (TPSA) is 62.4 Å². The standard InChI is InChI=1S/C8H15N3OS/c1-11(2)8-10-4-7(13-8)6(3-9)5-12/h4,6,12H,3,5,9H2,1-2H3. The molecule has 0 saturated heterocycles. The minimum Gasteiger partial charge on any atom is -0.396 e. The van der Waals surface area contributed by atoms with Crippen molar-refractivity contribution in [2.24, 2.45) is 5.73 Å². The molecule has 5 heteroatoms. The fraction of sp³-hybridized carbons (Fsp3) is 0.625. The Kier molecular flexibility index (Phi) is 3.65. The summed E-state index contributed by atoms with van der Waals surface area (Å²) in [6.07, 6.45) is 1.79. The van der Waals surface area contributed by atoms with Gasteiger partial charge in [-0.25, -0.2) is 4.98 Å². The molecule has 4 nitrogen and oxygen atoms in total. The van der Waals surface area contributed by atoms with E-state index in [0.717, 1.165) is 10.0 Å². The van der Waals surface area contributed by atoms with Crippen LogP contribution in [0, 0.1) is 0 Å². The van der Waals surface area contributed by atoms with Crippen molar-refractivity contribution in [2.75, 3.05) is 32.1 Å². The van der Waals surface area contributed by atoms with Gasteiger partial charge in [0, 0.05) is 37.6 Å². The first-order valence-corrected chi connectivity index (χ1v) is 4.94. The van der Waals surface area contributed by atoms with E-state index in [0.29, 0.717) is 6.54 Å². The van der Waals surface area contributed by atoms with Crippen molar-refractivity contribution in [3.05, 3.63) is 11.1 Å². The molecule has 1 aromatic heterocycles. The van der Waals surface area contributed by atoms with Crippen LogP contribution in [0.5, 0.6) is 0 Å². The third kappa shape index (κ3) is 2.40. The lowest BCUT2D eigenvalue weighted by Gasteiger charge is -2.08. The molecule has 0 aliphatic heterocycles. The zero-order valence-corrected chi connectivity index (χ0v) is 8.71. The van der Waals surface area contributed by atoms with Gasteiger partial charge in [0.15, 0.2) is 5.13 Å². The highest BCUT2D eigenvalue weighted by molar-refractivity contribution is 7.15. The van der Waals surface area contributed by atoms with E-state index in [1.54, 1.807) is 17.5 Å². The molecule has 0 spiro atoms. The quantitative estimate of drug-likeness (QED) is 0.732. The van der Waals surface area contributed by atoms with Gasteiger partial charge >= 0.3 is 0 Å². The molecule has 74 valence electrons. The smallest absolute Gasteiger partial charge is 0.184 e. The van der Waals surface area contributed by atoms with E-state index in [2.05, 4.69) is 4.98 Å². The summed E-state index contributed by atoms with van der Waals surface area (Å²) in [5.41, 5.74) is 5.51. The van der Waals surface area contributed by atoms with Gasteiger partial charge in [-0.2, -0.15) is 0 Å². The number of aliphatic hydroxyl groups excluding tert-OH is 1. The van der Waals surface area contributed by atoms with Crippen LogP contribution in [0.25, 0.3) is 0 Å². The van der Waals surface area contributed by atoms with Crippen molar-refractivity contribution < 1.29 is 5.11 Å². The summed E-state index contributed by atoms with van der Waals surface area (Å²) in [6, 6.07) is 0. The molecule has 1 heterocycles. The lowest BCUT2D eigenvalue weighted by molar-refractivity contribution is 0.269. The molecule has 1 aromatic rings. The normalized spacial score (nSPS) is 12.9. The molecule has 1 unspecified atom stereocenters. The van der Waals surface area contributed by atoms with Crippen molar-refractivity contribution in [1.82, 2.24) is 4.98 Å². The highest BCUT2D eigenvalue weighted by Gasteiger charge is 2.12. The SMILES string of the molecule is CN(C)c1ncc(C(CN)CO)s1. The molecule has 0 saturated carbocycles. The van der Waals surface area contributed by atoms with Crippen LogP contribution < -0.4 is 10.6 Å². The number of nitrogens with two attached hydrogens (primary N) is 1. The number of thiazole rings is 1. The predicted molar refractivity (Wildman–Crippen MR) is 55.3 cm³/mol. The van der Waals surface area contributed by atoms with Gasteiger partial charge in [-0.3, -0.25) is 0 Å². The summed E-state index contributed by atoms with van der Waals surface area (Å²) in [7, 11) is 3.89. The Hall–Kier alpha value is -0.650. The lowest BCUT2D eigenvalue weighted by atomic mass is 10.1. The Balaban J connectivity index is 2.78. The van der Waals surface area contributed by atoms with Gasteiger partial charge in [-0.15, -0.1) is 11.3 Å². The van der Waals surface area contributed by atoms with Crippen LogP contribution in [-0.4, -0.2) is 37.3 Å². The number of anilines is 1. The van der Waals surface area contributed by atoms with E-state index in [1.165, 1.54) is 0 Å². The van der Waals surface area contributed by atoms with E-state index in [9.17, 15) is 0 Å². The third-order valence-electron chi connectivity index (χ3n) is 1.80. The molecule has 0 aliphatic carbocycles. The van der Waals surface area contributed by atoms with E-state index in [1.807, 2.05) is 19.0 Å². The van der Waals surface area contributed by atoms with Crippen LogP contribution in [0.2, 0.25) is 0 Å². The molecule has 0 fully saturated rings. The van der Waals surface area contributed by atoms with Gasteiger partial charge in [-0.05, 0) is 0 Å². The van der Waals surface area contributed by atoms with Crippen molar-refractivity contribution in [2.45, 2.75) is 5.92 Å². The summed E-state index contributed by atoms with van der Waals surface area (Å²) in [5.74, 6) is 0.0335. The second kappa shape index (κ2) is 4.55. The molecule has 1 rings (SSSR count). The summed E-state index contributed by atoms with van der Waals surface area (Å²) in [4.78, 5) is 7.20. The van der Waals surface area contributed by atoms with E-state index in [4.69, 9.17) is 10.8 Å². The third-order valence-corrected chi connectivity index (χ3v) is 3.13. The first-order valence-electron chi connectivity index (χ1n) is 4.13. The maximum absolute atomic E-state index is 9.01. The predicted octanol–water partition coefficient (Wildman–Crippen LogP) is 0.244. The van der Waals surface area contributed by atoms with Crippen molar-refractivity contribution in [3.63, 3.8) is 0 Å². The molecule has 0 amide bonds. The Bertz CT molecular complexity index is 258. The van der Waals surface area contributed by atoms with Gasteiger partial charge in [0.25, 0.3) is 0 Å². The monoisotopic (exact) mass is 201 g/mol. The highest BCUT2D eigenvalue weighted by Crippen LogP contribution is 2.26. The van der Waals surface area contributed by atoms with E-state index >= 15 is 0 Å². The average molecular weight is 201 g/mol. The number of nitrogens with zero attached hydrogens (tertiary/aromatic N) is 2. The molecule has 0 radical (unpaired) electrons. The van der Waals surface area contributed by atoms with Crippen LogP contribution in [0.3, 0.4) is 0 Å². The Labute approximate surface area is 82.0 Å². The van der Waals surface area contributed by atoms with Gasteiger partial charge in [0.2, 0.25) is 0 Å². The van der Waals surface area contributed by atoms with Crippen molar-refractivity contribution in [1.29, 1.82) is 0 Å². The van der Waals surface area contributed by atoms with Crippen molar-refractivity contribution in [3.8, 4) is 0 Å². The molecule has 1 atom stereocenters. The Morgan fingerprint density at radius 1 is 1.69 bits per heavy atom. The maximum Gasteiger partial charge on any atom is 0.184 e. The molecule has 0 aliphatic rings. The van der Waals surface area contributed by atoms with E-state index in [-0.39, 0.29) is 12.5 Å². The fourth-order valence-corrected chi connectivity index (χ4v) is 1.89. The zero-order chi connectivity index (χ0) is 9.84. The number of aliphatic hydroxyl groups is 1. The Morgan fingerprint density at radius 2 is 2.38 bits per heavy atom. The zero-order valence-electron chi connectivity index (χ0n) is 7.90. The number of aromatic nitrogens is 1. The van der Waals surface area contributed by atoms with Gasteiger partial charge in [0.1, 0.15) is 0 Å². The second-order valence-corrected chi connectivity index (χ2v) is 4.10. The van der Waals surface area contributed by atoms with Gasteiger partial charge in [-0.1, -0.05) is 0 Å². The first-order chi connectivity index (χ1) is 6.19. The lowest BCUT2D eigenvalue weighted by Crippen LogP contribution is -2.14. The molecule has 0 bridgehead atoms. The fourth-order valence-electron chi connectivity index (χ4n) is 0.953. The summed E-state index contributed by atoms with van der Waals surface area (Å²) in [6.45, 7) is 0.553. The summed E-state index contributed by atoms with van der Waals surface area (Å²) in [5, 5.41) is 9.96. The van der Waals surface area contributed by atoms with Crippen LogP contribution >= 0.6 is 11.3 Å². The summed E-state index contributed by atoms with van der Waals surface area (Å²) >= 11 is 1.57. The minimum atomic E-state index is 0.0335. The van der Waals surface area contributed by atoms with Crippen molar-refractivity contribution >= 4 is 16.5 Å². The highest BCUT2D eigenvalue weighted by atomic mass is 32.1. The Morgan fingerprint density at radius 3 is 2.77 bits per heavy atom. The molecule has 0 aromatic carbocycles. The van der Waals surface area contributed by atoms with Gasteiger partial charge < -0.3 is 15.7 Å². The average Bonchev–Trinajstić information content (AvgIpc) is 2.56. The van der Waals surface area contributed by atoms with Crippen LogP contribution in [0.1, 0.15) is 10.8 Å². The van der Waals surface area contributed by atoms with Crippen LogP contribution in [0.15, 0.2) is 6.20 Å². The van der Waals surface area contributed by atoms with E-state index < -0.39 is 0 Å². The minimum absolute atomic E-state index is 0.0335. The maximum atomic E-state index is 9.01. The first kappa shape index (κ1) is 10.4. The number of hydrogen-bond donors (Lipinski definition) is 2. The van der Waals surface area contributed by atoms with Crippen LogP contribution in [-0.2, 0) is 0 Å². The second-order valence-electron chi connectivity index (χ2n) is 3.05. The van der Waals surface area contributed by atoms with Gasteiger partial charge in [0.05, 0.1) is 6.61 Å².